The van der Waals surface area contributed by atoms with Crippen LogP contribution in [-0.4, -0.2) is 19.6 Å². The molecule has 0 aliphatic carbocycles. The number of ether oxygens (including phenoxy) is 1. The number of carbonyl (C=O) groups excluding carboxylic acids is 1. The molecule has 5 heteroatoms. The largest absolute Gasteiger partial charge is 0.496 e. The molecule has 0 atom stereocenters. The molecule has 1 aromatic heterocycles. The number of benzene rings is 2. The fourth-order valence-corrected chi connectivity index (χ4v) is 3.44. The number of para-hydroxylation sites is 1. The molecule has 0 saturated heterocycles. The molecule has 0 bridgehead atoms. The Hall–Kier alpha value is -2.40. The van der Waals surface area contributed by atoms with Gasteiger partial charge < -0.3 is 10.1 Å². The Morgan fingerprint density at radius 3 is 2.83 bits per heavy atom. The van der Waals surface area contributed by atoms with Crippen LogP contribution in [0, 0.1) is 5.82 Å². The second-order valence-electron chi connectivity index (χ2n) is 5.08. The summed E-state index contributed by atoms with van der Waals surface area (Å²) in [4.78, 5) is 12.7. The molecule has 1 N–H and O–H groups in total. The lowest BCUT2D eigenvalue weighted by Crippen LogP contribution is -2.24. The van der Waals surface area contributed by atoms with Crippen molar-refractivity contribution in [2.24, 2.45) is 0 Å². The maximum atomic E-state index is 13.7. The Kier molecular flexibility index (Phi) is 4.57. The predicted molar refractivity (Wildman–Crippen MR) is 90.8 cm³/mol. The van der Waals surface area contributed by atoms with Crippen molar-refractivity contribution < 1.29 is 13.9 Å². The zero-order valence-corrected chi connectivity index (χ0v) is 13.5. The van der Waals surface area contributed by atoms with Crippen LogP contribution < -0.4 is 10.1 Å². The molecule has 118 valence electrons. The van der Waals surface area contributed by atoms with E-state index < -0.39 is 0 Å². The minimum Gasteiger partial charge on any atom is -0.496 e. The van der Waals surface area contributed by atoms with Gasteiger partial charge in [-0.1, -0.05) is 24.3 Å². The lowest BCUT2D eigenvalue weighted by Gasteiger charge is -2.08. The minimum absolute atomic E-state index is 0.180. The Bertz CT molecular complexity index is 844. The van der Waals surface area contributed by atoms with Crippen LogP contribution in [0.5, 0.6) is 5.75 Å². The van der Waals surface area contributed by atoms with Gasteiger partial charge in [0, 0.05) is 16.6 Å². The van der Waals surface area contributed by atoms with Gasteiger partial charge in [-0.25, -0.2) is 4.39 Å². The molecule has 3 rings (SSSR count). The number of rotatable bonds is 5. The Labute approximate surface area is 137 Å². The average Bonchev–Trinajstić information content (AvgIpc) is 3.01. The number of hydrogen-bond acceptors (Lipinski definition) is 3. The summed E-state index contributed by atoms with van der Waals surface area (Å²) in [7, 11) is 1.63. The normalized spacial score (nSPS) is 10.7. The summed E-state index contributed by atoms with van der Waals surface area (Å²) in [6.45, 7) is 0.496. The molecule has 2 aromatic carbocycles. The number of nitrogens with one attached hydrogen (secondary N) is 1. The van der Waals surface area contributed by atoms with E-state index in [9.17, 15) is 9.18 Å². The second kappa shape index (κ2) is 6.79. The summed E-state index contributed by atoms with van der Waals surface area (Å²) in [6.07, 6.45) is 0.676. The number of amides is 1. The number of carbonyl (C=O) groups is 1. The van der Waals surface area contributed by atoms with Crippen LogP contribution in [0.15, 0.2) is 48.5 Å². The van der Waals surface area contributed by atoms with E-state index in [4.69, 9.17) is 4.74 Å². The predicted octanol–water partition coefficient (Wildman–Crippen LogP) is 4.02. The molecule has 0 spiro atoms. The first-order valence-electron chi connectivity index (χ1n) is 7.27. The first kappa shape index (κ1) is 15.5. The van der Waals surface area contributed by atoms with Crippen molar-refractivity contribution in [3.63, 3.8) is 0 Å². The van der Waals surface area contributed by atoms with Gasteiger partial charge in [0.1, 0.15) is 11.6 Å². The van der Waals surface area contributed by atoms with E-state index in [1.807, 2.05) is 30.3 Å². The van der Waals surface area contributed by atoms with Gasteiger partial charge in [0.2, 0.25) is 0 Å². The SMILES string of the molecule is COc1ccccc1CCNC(=O)c1cc2c(F)cccc2s1. The van der Waals surface area contributed by atoms with Crippen LogP contribution in [0.4, 0.5) is 4.39 Å². The molecule has 1 amide bonds. The quantitative estimate of drug-likeness (QED) is 0.768. The highest BCUT2D eigenvalue weighted by atomic mass is 32.1. The number of methoxy groups -OCH3 is 1. The summed E-state index contributed by atoms with van der Waals surface area (Å²) < 4.78 is 19.7. The molecule has 0 radical (unpaired) electrons. The summed E-state index contributed by atoms with van der Waals surface area (Å²) in [6, 6.07) is 14.2. The average molecular weight is 329 g/mol. The van der Waals surface area contributed by atoms with Crippen molar-refractivity contribution in [2.45, 2.75) is 6.42 Å². The van der Waals surface area contributed by atoms with E-state index in [2.05, 4.69) is 5.32 Å². The molecule has 23 heavy (non-hydrogen) atoms. The van der Waals surface area contributed by atoms with Crippen molar-refractivity contribution >= 4 is 27.3 Å². The van der Waals surface area contributed by atoms with Gasteiger partial charge in [-0.2, -0.15) is 0 Å². The molecule has 0 unspecified atom stereocenters. The van der Waals surface area contributed by atoms with Crippen LogP contribution in [-0.2, 0) is 6.42 Å². The van der Waals surface area contributed by atoms with Crippen molar-refractivity contribution in [1.82, 2.24) is 5.32 Å². The van der Waals surface area contributed by atoms with Crippen molar-refractivity contribution in [3.8, 4) is 5.75 Å². The third-order valence-electron chi connectivity index (χ3n) is 3.60. The monoisotopic (exact) mass is 329 g/mol. The summed E-state index contributed by atoms with van der Waals surface area (Å²) in [5, 5.41) is 3.37. The van der Waals surface area contributed by atoms with Gasteiger partial charge >= 0.3 is 0 Å². The topological polar surface area (TPSA) is 38.3 Å². The van der Waals surface area contributed by atoms with Crippen LogP contribution in [0.25, 0.3) is 10.1 Å². The molecular formula is C18H16FNO2S. The Balaban J connectivity index is 1.66. The highest BCUT2D eigenvalue weighted by Crippen LogP contribution is 2.27. The maximum Gasteiger partial charge on any atom is 0.261 e. The second-order valence-corrected chi connectivity index (χ2v) is 6.16. The third kappa shape index (κ3) is 3.35. The molecule has 0 saturated carbocycles. The Morgan fingerprint density at radius 2 is 2.04 bits per heavy atom. The fourth-order valence-electron chi connectivity index (χ4n) is 2.44. The maximum absolute atomic E-state index is 13.7. The Morgan fingerprint density at radius 1 is 1.22 bits per heavy atom. The van der Waals surface area contributed by atoms with Gasteiger partial charge in [-0.15, -0.1) is 11.3 Å². The summed E-state index contributed by atoms with van der Waals surface area (Å²) in [5.74, 6) is 0.331. The minimum atomic E-state index is -0.299. The number of thiophene rings is 1. The molecule has 0 aliphatic heterocycles. The van der Waals surface area contributed by atoms with E-state index in [0.717, 1.165) is 16.0 Å². The third-order valence-corrected chi connectivity index (χ3v) is 4.70. The van der Waals surface area contributed by atoms with Crippen LogP contribution >= 0.6 is 11.3 Å². The molecule has 0 fully saturated rings. The zero-order chi connectivity index (χ0) is 16.2. The fraction of sp³-hybridized carbons (Fsp3) is 0.167. The van der Waals surface area contributed by atoms with Crippen molar-refractivity contribution in [2.75, 3.05) is 13.7 Å². The van der Waals surface area contributed by atoms with Gasteiger partial charge in [0.05, 0.1) is 12.0 Å². The van der Waals surface area contributed by atoms with Gasteiger partial charge in [-0.05, 0) is 36.2 Å². The van der Waals surface area contributed by atoms with E-state index in [0.29, 0.717) is 23.2 Å². The highest BCUT2D eigenvalue weighted by molar-refractivity contribution is 7.20. The van der Waals surface area contributed by atoms with Gasteiger partial charge in [0.15, 0.2) is 0 Å². The smallest absolute Gasteiger partial charge is 0.261 e. The van der Waals surface area contributed by atoms with Crippen LogP contribution in [0.2, 0.25) is 0 Å². The molecule has 3 aromatic rings. The first-order valence-corrected chi connectivity index (χ1v) is 8.09. The van der Waals surface area contributed by atoms with E-state index in [1.54, 1.807) is 19.2 Å². The van der Waals surface area contributed by atoms with Gasteiger partial charge in [0.25, 0.3) is 5.91 Å². The lowest BCUT2D eigenvalue weighted by molar-refractivity contribution is 0.0958. The molecule has 1 heterocycles. The standard InChI is InChI=1S/C18H16FNO2S/c1-22-15-7-3-2-5-12(15)9-10-20-18(21)17-11-13-14(19)6-4-8-16(13)23-17/h2-8,11H,9-10H2,1H3,(H,20,21). The van der Waals surface area contributed by atoms with Gasteiger partial charge in [-0.3, -0.25) is 4.79 Å². The summed E-state index contributed by atoms with van der Waals surface area (Å²) >= 11 is 1.30. The molecule has 0 aliphatic rings. The molecule has 3 nitrogen and oxygen atoms in total. The zero-order valence-electron chi connectivity index (χ0n) is 12.6. The summed E-state index contributed by atoms with van der Waals surface area (Å²) in [5.41, 5.74) is 1.04. The highest BCUT2D eigenvalue weighted by Gasteiger charge is 2.12. The molecular weight excluding hydrogens is 313 g/mol. The lowest BCUT2D eigenvalue weighted by atomic mass is 10.1. The van der Waals surface area contributed by atoms with E-state index in [-0.39, 0.29) is 11.7 Å². The number of halogens is 1. The number of fused-ring (bicyclic) bond motifs is 1. The van der Waals surface area contributed by atoms with E-state index in [1.165, 1.54) is 17.4 Å². The first-order chi connectivity index (χ1) is 11.2. The van der Waals surface area contributed by atoms with Crippen molar-refractivity contribution in [3.05, 3.63) is 64.8 Å². The number of hydrogen-bond donors (Lipinski definition) is 1. The van der Waals surface area contributed by atoms with Crippen molar-refractivity contribution in [1.29, 1.82) is 0 Å². The van der Waals surface area contributed by atoms with Crippen LogP contribution in [0.1, 0.15) is 15.2 Å². The van der Waals surface area contributed by atoms with E-state index >= 15 is 0 Å². The van der Waals surface area contributed by atoms with Crippen LogP contribution in [0.3, 0.4) is 0 Å².